The third-order valence-corrected chi connectivity index (χ3v) is 10.2. The Kier molecular flexibility index (Phi) is 8.25. The molecule has 0 saturated heterocycles. The van der Waals surface area contributed by atoms with Crippen LogP contribution in [0.3, 0.4) is 0 Å². The molecule has 5 aromatic rings. The molecule has 0 aromatic heterocycles. The standard InChI is InChI=1S/C24H20P.C8H6O4/c1-5-13-21(14-6-1)25(22-15-7-2-8-16-22,23-17-9-3-10-18-23)24-19-11-4-12-20-24;9-7(10)5-2-1-3-6(4-5)8(11)12/h1-20H;1-4H,(H,9,10)(H,11,12)/q+1;/p-1. The highest BCUT2D eigenvalue weighted by Gasteiger charge is 2.47. The molecule has 5 heteroatoms. The summed E-state index contributed by atoms with van der Waals surface area (Å²) < 4.78 is 0. The van der Waals surface area contributed by atoms with Gasteiger partial charge >= 0.3 is 5.97 Å². The van der Waals surface area contributed by atoms with Crippen molar-refractivity contribution in [2.24, 2.45) is 0 Å². The van der Waals surface area contributed by atoms with E-state index in [4.69, 9.17) is 5.11 Å². The fraction of sp³-hybridized carbons (Fsp3) is 0. The van der Waals surface area contributed by atoms with E-state index in [-0.39, 0.29) is 11.1 Å². The highest BCUT2D eigenvalue weighted by molar-refractivity contribution is 8.01. The van der Waals surface area contributed by atoms with Crippen LogP contribution in [0.25, 0.3) is 0 Å². The maximum absolute atomic E-state index is 10.4. The lowest BCUT2D eigenvalue weighted by molar-refractivity contribution is -0.255. The van der Waals surface area contributed by atoms with Gasteiger partial charge in [0, 0.05) is 0 Å². The molecule has 0 heterocycles. The van der Waals surface area contributed by atoms with Crippen LogP contribution in [0.2, 0.25) is 0 Å². The summed E-state index contributed by atoms with van der Waals surface area (Å²) in [6, 6.07) is 48.8. The number of hydrogen-bond donors (Lipinski definition) is 1. The van der Waals surface area contributed by atoms with Gasteiger partial charge in [0.1, 0.15) is 28.5 Å². The Hall–Kier alpha value is -4.53. The van der Waals surface area contributed by atoms with E-state index in [0.29, 0.717) is 0 Å². The number of carbonyl (C=O) groups excluding carboxylic acids is 1. The molecule has 37 heavy (non-hydrogen) atoms. The van der Waals surface area contributed by atoms with Gasteiger partial charge in [0.2, 0.25) is 0 Å². The van der Waals surface area contributed by atoms with E-state index in [1.165, 1.54) is 39.4 Å². The van der Waals surface area contributed by atoms with Crippen LogP contribution in [0.4, 0.5) is 0 Å². The molecule has 0 fully saturated rings. The van der Waals surface area contributed by atoms with Gasteiger partial charge in [-0.15, -0.1) is 0 Å². The van der Waals surface area contributed by atoms with Crippen molar-refractivity contribution < 1.29 is 19.8 Å². The molecule has 0 spiro atoms. The lowest BCUT2D eigenvalue weighted by Crippen LogP contribution is -2.38. The average Bonchev–Trinajstić information content (AvgIpc) is 2.96. The monoisotopic (exact) mass is 504 g/mol. The van der Waals surface area contributed by atoms with Gasteiger partial charge in [-0.05, 0) is 66.2 Å². The van der Waals surface area contributed by atoms with Crippen LogP contribution in [-0.2, 0) is 0 Å². The van der Waals surface area contributed by atoms with Crippen LogP contribution >= 0.6 is 7.26 Å². The second kappa shape index (κ2) is 11.9. The first-order valence-electron chi connectivity index (χ1n) is 11.7. The molecule has 0 amide bonds. The number of hydrogen-bond acceptors (Lipinski definition) is 3. The molecule has 5 rings (SSSR count). The Morgan fingerprint density at radius 3 is 1.11 bits per heavy atom. The van der Waals surface area contributed by atoms with Crippen LogP contribution in [0.15, 0.2) is 146 Å². The minimum atomic E-state index is -1.91. The smallest absolute Gasteiger partial charge is 0.335 e. The van der Waals surface area contributed by atoms with Gasteiger partial charge in [-0.1, -0.05) is 84.9 Å². The number of aromatic carboxylic acids is 2. The molecule has 0 radical (unpaired) electrons. The predicted octanol–water partition coefficient (Wildman–Crippen LogP) is 4.05. The van der Waals surface area contributed by atoms with Gasteiger partial charge < -0.3 is 15.0 Å². The molecule has 5 aromatic carbocycles. The number of carbonyl (C=O) groups is 2. The molecular formula is C32H25O4P. The minimum Gasteiger partial charge on any atom is -0.545 e. The highest BCUT2D eigenvalue weighted by atomic mass is 31.2. The molecule has 0 unspecified atom stereocenters. The minimum absolute atomic E-state index is 0.0586. The largest absolute Gasteiger partial charge is 0.545 e. The summed E-state index contributed by atoms with van der Waals surface area (Å²) in [6.45, 7) is 0. The second-order valence-corrected chi connectivity index (χ2v) is 11.6. The lowest BCUT2D eigenvalue weighted by atomic mass is 10.1. The van der Waals surface area contributed by atoms with Gasteiger partial charge in [0.25, 0.3) is 0 Å². The normalized spacial score (nSPS) is 10.6. The molecule has 182 valence electrons. The fourth-order valence-electron chi connectivity index (χ4n) is 4.28. The van der Waals surface area contributed by atoms with Gasteiger partial charge in [-0.25, -0.2) is 4.79 Å². The van der Waals surface area contributed by atoms with Crippen molar-refractivity contribution in [1.29, 1.82) is 0 Å². The molecule has 0 saturated carbocycles. The first-order chi connectivity index (χ1) is 18.0. The molecule has 1 N–H and O–H groups in total. The Labute approximate surface area is 216 Å². The summed E-state index contributed by atoms with van der Waals surface area (Å²) in [5.74, 6) is -2.53. The van der Waals surface area contributed by atoms with Crippen molar-refractivity contribution in [1.82, 2.24) is 0 Å². The molecule has 0 aliphatic carbocycles. The molecular weight excluding hydrogens is 479 g/mol. The summed E-state index contributed by atoms with van der Waals surface area (Å²) in [4.78, 5) is 20.6. The molecule has 0 aliphatic heterocycles. The number of rotatable bonds is 6. The third kappa shape index (κ3) is 5.66. The number of carboxylic acids is 2. The SMILES string of the molecule is O=C([O-])c1cccc(C(=O)O)c1.c1ccc([P+](c2ccccc2)(c2ccccc2)c2ccccc2)cc1. The van der Waals surface area contributed by atoms with Crippen LogP contribution in [0.5, 0.6) is 0 Å². The molecule has 0 atom stereocenters. The van der Waals surface area contributed by atoms with Crippen LogP contribution in [0, 0.1) is 0 Å². The molecule has 0 aliphatic rings. The van der Waals surface area contributed by atoms with E-state index in [2.05, 4.69) is 121 Å². The zero-order valence-corrected chi connectivity index (χ0v) is 20.9. The first kappa shape index (κ1) is 25.6. The molecule has 0 bridgehead atoms. The Balaban J connectivity index is 0.000000225. The maximum Gasteiger partial charge on any atom is 0.335 e. The first-order valence-corrected chi connectivity index (χ1v) is 13.5. The summed E-state index contributed by atoms with van der Waals surface area (Å²) in [7, 11) is -1.91. The number of benzene rings is 5. The Morgan fingerprint density at radius 2 is 0.811 bits per heavy atom. The van der Waals surface area contributed by atoms with Gasteiger partial charge in [0.05, 0.1) is 11.5 Å². The Morgan fingerprint density at radius 1 is 0.486 bits per heavy atom. The van der Waals surface area contributed by atoms with E-state index in [0.717, 1.165) is 6.07 Å². The van der Waals surface area contributed by atoms with Crippen LogP contribution < -0.4 is 26.3 Å². The van der Waals surface area contributed by atoms with Crippen LogP contribution in [0.1, 0.15) is 20.7 Å². The van der Waals surface area contributed by atoms with Crippen LogP contribution in [-0.4, -0.2) is 17.0 Å². The third-order valence-electron chi connectivity index (χ3n) is 5.92. The summed E-state index contributed by atoms with van der Waals surface area (Å²) >= 11 is 0. The summed E-state index contributed by atoms with van der Waals surface area (Å²) in [5, 5.41) is 24.3. The second-order valence-electron chi connectivity index (χ2n) is 8.19. The maximum atomic E-state index is 10.4. The van der Waals surface area contributed by atoms with Crippen molar-refractivity contribution in [2.45, 2.75) is 0 Å². The van der Waals surface area contributed by atoms with E-state index < -0.39 is 19.2 Å². The zero-order chi connectivity index (χ0) is 26.1. The lowest BCUT2D eigenvalue weighted by Gasteiger charge is -2.27. The van der Waals surface area contributed by atoms with E-state index in [1.807, 2.05) is 0 Å². The van der Waals surface area contributed by atoms with Crippen molar-refractivity contribution in [2.75, 3.05) is 0 Å². The zero-order valence-electron chi connectivity index (χ0n) is 20.0. The fourth-order valence-corrected chi connectivity index (χ4v) is 8.55. The topological polar surface area (TPSA) is 77.4 Å². The van der Waals surface area contributed by atoms with Crippen molar-refractivity contribution in [3.05, 3.63) is 157 Å². The van der Waals surface area contributed by atoms with Crippen molar-refractivity contribution >= 4 is 40.4 Å². The van der Waals surface area contributed by atoms with Crippen molar-refractivity contribution in [3.63, 3.8) is 0 Å². The quantitative estimate of drug-likeness (QED) is 0.354. The average molecular weight is 505 g/mol. The van der Waals surface area contributed by atoms with Gasteiger partial charge in [-0.3, -0.25) is 0 Å². The van der Waals surface area contributed by atoms with Crippen molar-refractivity contribution in [3.8, 4) is 0 Å². The van der Waals surface area contributed by atoms with Gasteiger partial charge in [-0.2, -0.15) is 0 Å². The van der Waals surface area contributed by atoms with E-state index in [1.54, 1.807) is 0 Å². The highest BCUT2D eigenvalue weighted by Crippen LogP contribution is 2.53. The molecule has 4 nitrogen and oxygen atoms in total. The van der Waals surface area contributed by atoms with E-state index >= 15 is 0 Å². The number of carboxylic acid groups (broad SMARTS) is 2. The predicted molar refractivity (Wildman–Crippen MR) is 149 cm³/mol. The summed E-state index contributed by atoms with van der Waals surface area (Å²) in [6.07, 6.45) is 0. The van der Waals surface area contributed by atoms with E-state index in [9.17, 15) is 14.7 Å². The summed E-state index contributed by atoms with van der Waals surface area (Å²) in [5.41, 5.74) is -0.188. The Bertz CT molecular complexity index is 1260. The van der Waals surface area contributed by atoms with Gasteiger partial charge in [0.15, 0.2) is 0 Å².